The average molecular weight is 420 g/mol. The fourth-order valence-corrected chi connectivity index (χ4v) is 4.27. The van der Waals surface area contributed by atoms with Crippen LogP contribution in [0.1, 0.15) is 35.1 Å². The van der Waals surface area contributed by atoms with Crippen LogP contribution in [0, 0.1) is 19.3 Å². The van der Waals surface area contributed by atoms with E-state index in [-0.39, 0.29) is 5.91 Å². The van der Waals surface area contributed by atoms with Gasteiger partial charge in [0.1, 0.15) is 0 Å². The fraction of sp³-hybridized carbons (Fsp3) is 0.417. The van der Waals surface area contributed by atoms with Gasteiger partial charge >= 0.3 is 0 Å². The average Bonchev–Trinajstić information content (AvgIpc) is 3.20. The van der Waals surface area contributed by atoms with Gasteiger partial charge in [0, 0.05) is 26.2 Å². The van der Waals surface area contributed by atoms with Crippen LogP contribution < -0.4 is 4.90 Å². The molecule has 2 aromatic heterocycles. The highest BCUT2D eigenvalue weighted by atomic mass is 16.5. The SMILES string of the molecule is CCc1cc(CN(C)C(=O)C2(Cc3ccccc3)CN(c3nncc(C)c3C)C2)on1. The Bertz CT molecular complexity index is 1060. The smallest absolute Gasteiger partial charge is 0.232 e. The van der Waals surface area contributed by atoms with Gasteiger partial charge in [-0.1, -0.05) is 42.4 Å². The van der Waals surface area contributed by atoms with Crippen molar-refractivity contribution in [1.82, 2.24) is 20.3 Å². The van der Waals surface area contributed by atoms with E-state index < -0.39 is 5.41 Å². The highest BCUT2D eigenvalue weighted by molar-refractivity contribution is 5.86. The standard InChI is InChI=1S/C24H29N5O2/c1-5-20-11-21(31-27-20)14-28(4)23(30)24(12-19-9-7-6-8-10-19)15-29(16-24)22-18(3)17(2)13-25-26-22/h6-11,13H,5,12,14-16H2,1-4H3. The maximum absolute atomic E-state index is 13.7. The van der Waals surface area contributed by atoms with Crippen molar-refractivity contribution >= 4 is 11.7 Å². The van der Waals surface area contributed by atoms with Crippen LogP contribution in [-0.2, 0) is 24.2 Å². The molecule has 31 heavy (non-hydrogen) atoms. The Morgan fingerprint density at radius 1 is 1.23 bits per heavy atom. The third-order valence-electron chi connectivity index (χ3n) is 6.17. The van der Waals surface area contributed by atoms with E-state index in [0.717, 1.165) is 34.6 Å². The Balaban J connectivity index is 1.56. The zero-order valence-electron chi connectivity index (χ0n) is 18.6. The number of hydrogen-bond donors (Lipinski definition) is 0. The summed E-state index contributed by atoms with van der Waals surface area (Å²) >= 11 is 0. The molecule has 0 saturated carbocycles. The van der Waals surface area contributed by atoms with Crippen LogP contribution in [0.2, 0.25) is 0 Å². The minimum Gasteiger partial charge on any atom is -0.359 e. The molecule has 4 rings (SSSR count). The number of nitrogens with zero attached hydrogens (tertiary/aromatic N) is 5. The van der Waals surface area contributed by atoms with Crippen molar-refractivity contribution in [2.24, 2.45) is 5.41 Å². The van der Waals surface area contributed by atoms with Crippen molar-refractivity contribution in [2.45, 2.75) is 40.2 Å². The number of amides is 1. The Morgan fingerprint density at radius 3 is 2.65 bits per heavy atom. The number of benzene rings is 1. The van der Waals surface area contributed by atoms with E-state index >= 15 is 0 Å². The summed E-state index contributed by atoms with van der Waals surface area (Å²) in [5.41, 5.74) is 3.76. The summed E-state index contributed by atoms with van der Waals surface area (Å²) < 4.78 is 5.41. The first-order chi connectivity index (χ1) is 14.9. The zero-order chi connectivity index (χ0) is 22.0. The van der Waals surface area contributed by atoms with Gasteiger partial charge in [0.25, 0.3) is 0 Å². The van der Waals surface area contributed by atoms with E-state index in [9.17, 15) is 4.79 Å². The molecule has 1 fully saturated rings. The molecule has 1 aliphatic rings. The lowest BCUT2D eigenvalue weighted by atomic mass is 9.73. The molecule has 1 aromatic carbocycles. The monoisotopic (exact) mass is 419 g/mol. The van der Waals surface area contributed by atoms with Crippen LogP contribution in [0.15, 0.2) is 47.1 Å². The normalized spacial score (nSPS) is 14.9. The Labute approximate surface area is 183 Å². The lowest BCUT2D eigenvalue weighted by molar-refractivity contribution is -0.143. The number of anilines is 1. The van der Waals surface area contributed by atoms with Crippen molar-refractivity contribution in [3.63, 3.8) is 0 Å². The van der Waals surface area contributed by atoms with Gasteiger partial charge in [0.05, 0.1) is 23.9 Å². The first-order valence-corrected chi connectivity index (χ1v) is 10.7. The summed E-state index contributed by atoms with van der Waals surface area (Å²) in [4.78, 5) is 17.6. The highest BCUT2D eigenvalue weighted by Gasteiger charge is 2.51. The largest absolute Gasteiger partial charge is 0.359 e. The maximum Gasteiger partial charge on any atom is 0.232 e. The number of hydrogen-bond acceptors (Lipinski definition) is 6. The number of carbonyl (C=O) groups is 1. The molecule has 162 valence electrons. The quantitative estimate of drug-likeness (QED) is 0.585. The van der Waals surface area contributed by atoms with Gasteiger partial charge in [-0.2, -0.15) is 5.10 Å². The summed E-state index contributed by atoms with van der Waals surface area (Å²) in [5.74, 6) is 1.68. The predicted molar refractivity (Wildman–Crippen MR) is 119 cm³/mol. The van der Waals surface area contributed by atoms with Crippen molar-refractivity contribution < 1.29 is 9.32 Å². The highest BCUT2D eigenvalue weighted by Crippen LogP contribution is 2.39. The first kappa shape index (κ1) is 21.0. The van der Waals surface area contributed by atoms with E-state index in [1.165, 1.54) is 0 Å². The molecule has 3 heterocycles. The summed E-state index contributed by atoms with van der Waals surface area (Å²) in [5, 5.41) is 12.5. The van der Waals surface area contributed by atoms with Crippen molar-refractivity contribution in [3.05, 3.63) is 70.7 Å². The van der Waals surface area contributed by atoms with Crippen LogP contribution in [0.25, 0.3) is 0 Å². The molecule has 1 aliphatic heterocycles. The Kier molecular flexibility index (Phi) is 5.76. The van der Waals surface area contributed by atoms with E-state index in [1.54, 1.807) is 11.1 Å². The third-order valence-corrected chi connectivity index (χ3v) is 6.17. The molecule has 7 nitrogen and oxygen atoms in total. The van der Waals surface area contributed by atoms with Crippen molar-refractivity contribution in [3.8, 4) is 0 Å². The van der Waals surface area contributed by atoms with Crippen molar-refractivity contribution in [2.75, 3.05) is 25.0 Å². The lowest BCUT2D eigenvalue weighted by Crippen LogP contribution is -2.65. The summed E-state index contributed by atoms with van der Waals surface area (Å²) in [6, 6.07) is 12.1. The summed E-state index contributed by atoms with van der Waals surface area (Å²) in [6.07, 6.45) is 3.27. The molecule has 0 aliphatic carbocycles. The molecule has 7 heteroatoms. The molecule has 1 saturated heterocycles. The van der Waals surface area contributed by atoms with E-state index in [4.69, 9.17) is 4.52 Å². The van der Waals surface area contributed by atoms with Gasteiger partial charge in [-0.05, 0) is 43.4 Å². The van der Waals surface area contributed by atoms with Gasteiger partial charge in [-0.15, -0.1) is 5.10 Å². The third kappa shape index (κ3) is 4.17. The van der Waals surface area contributed by atoms with E-state index in [0.29, 0.717) is 31.8 Å². The van der Waals surface area contributed by atoms with Gasteiger partial charge in [0.2, 0.25) is 5.91 Å². The van der Waals surface area contributed by atoms with Crippen LogP contribution in [0.5, 0.6) is 0 Å². The first-order valence-electron chi connectivity index (χ1n) is 10.7. The molecular weight excluding hydrogens is 390 g/mol. The fourth-order valence-electron chi connectivity index (χ4n) is 4.27. The molecule has 0 N–H and O–H groups in total. The summed E-state index contributed by atoms with van der Waals surface area (Å²) in [7, 11) is 1.84. The molecule has 0 unspecified atom stereocenters. The Hall–Kier alpha value is -3.22. The minimum atomic E-state index is -0.512. The minimum absolute atomic E-state index is 0.111. The van der Waals surface area contributed by atoms with Gasteiger partial charge < -0.3 is 14.3 Å². The van der Waals surface area contributed by atoms with Crippen molar-refractivity contribution in [1.29, 1.82) is 0 Å². The molecule has 1 amide bonds. The lowest BCUT2D eigenvalue weighted by Gasteiger charge is -2.51. The molecule has 0 radical (unpaired) electrons. The van der Waals surface area contributed by atoms with Gasteiger partial charge in [-0.25, -0.2) is 0 Å². The predicted octanol–water partition coefficient (Wildman–Crippen LogP) is 3.35. The molecule has 3 aromatic rings. The van der Waals surface area contributed by atoms with E-state index in [2.05, 4.69) is 39.3 Å². The second-order valence-electron chi connectivity index (χ2n) is 8.57. The van der Waals surface area contributed by atoms with Gasteiger partial charge in [-0.3, -0.25) is 4.79 Å². The van der Waals surface area contributed by atoms with Crippen LogP contribution >= 0.6 is 0 Å². The molecule has 0 atom stereocenters. The van der Waals surface area contributed by atoms with Gasteiger partial charge in [0.15, 0.2) is 11.6 Å². The molecular formula is C24H29N5O2. The number of aromatic nitrogens is 3. The van der Waals surface area contributed by atoms with Crippen LogP contribution in [0.3, 0.4) is 0 Å². The number of aryl methyl sites for hydroxylation is 2. The zero-order valence-corrected chi connectivity index (χ0v) is 18.6. The summed E-state index contributed by atoms with van der Waals surface area (Å²) in [6.45, 7) is 7.75. The molecule has 0 spiro atoms. The number of carbonyl (C=O) groups excluding carboxylic acids is 1. The maximum atomic E-state index is 13.7. The van der Waals surface area contributed by atoms with Crippen LogP contribution in [-0.4, -0.2) is 46.3 Å². The van der Waals surface area contributed by atoms with Crippen LogP contribution in [0.4, 0.5) is 5.82 Å². The second-order valence-corrected chi connectivity index (χ2v) is 8.57. The molecule has 0 bridgehead atoms. The topological polar surface area (TPSA) is 75.4 Å². The number of rotatable bonds is 7. The van der Waals surface area contributed by atoms with E-state index in [1.807, 2.05) is 45.2 Å². The second kappa shape index (κ2) is 8.49. The Morgan fingerprint density at radius 2 is 1.97 bits per heavy atom.